The molecule has 1 saturated carbocycles. The van der Waals surface area contributed by atoms with E-state index in [-0.39, 0.29) is 11.4 Å². The Balaban J connectivity index is 2.06. The van der Waals surface area contributed by atoms with Crippen molar-refractivity contribution >= 4 is 5.91 Å². The number of hydrogen-bond acceptors (Lipinski definition) is 4. The van der Waals surface area contributed by atoms with E-state index in [1.54, 1.807) is 32.4 Å². The standard InChI is InChI=1S/C18H28N2O3/c1-20(2)18(10-6-5-7-11-18)13-19-17(21)14-8-9-15(22-3)16(12-14)23-4/h8-9,12H,5-7,10-11,13H2,1-4H3,(H,19,21). The second kappa shape index (κ2) is 7.68. The Morgan fingerprint density at radius 2 is 1.78 bits per heavy atom. The van der Waals surface area contributed by atoms with Crippen LogP contribution in [0.4, 0.5) is 0 Å². The first-order chi connectivity index (χ1) is 11.0. The van der Waals surface area contributed by atoms with Gasteiger partial charge >= 0.3 is 0 Å². The fraction of sp³-hybridized carbons (Fsp3) is 0.611. The first-order valence-electron chi connectivity index (χ1n) is 8.20. The van der Waals surface area contributed by atoms with E-state index in [9.17, 15) is 4.79 Å². The number of benzene rings is 1. The van der Waals surface area contributed by atoms with E-state index in [4.69, 9.17) is 9.47 Å². The second-order valence-electron chi connectivity index (χ2n) is 6.43. The summed E-state index contributed by atoms with van der Waals surface area (Å²) < 4.78 is 10.5. The molecule has 1 N–H and O–H groups in total. The molecule has 0 saturated heterocycles. The highest BCUT2D eigenvalue weighted by atomic mass is 16.5. The molecule has 0 radical (unpaired) electrons. The summed E-state index contributed by atoms with van der Waals surface area (Å²) >= 11 is 0. The maximum atomic E-state index is 12.5. The fourth-order valence-electron chi connectivity index (χ4n) is 3.32. The van der Waals surface area contributed by atoms with Gasteiger partial charge in [0, 0.05) is 17.6 Å². The normalized spacial score (nSPS) is 16.9. The van der Waals surface area contributed by atoms with Crippen molar-refractivity contribution in [2.24, 2.45) is 0 Å². The maximum Gasteiger partial charge on any atom is 0.251 e. The van der Waals surface area contributed by atoms with Crippen molar-refractivity contribution < 1.29 is 14.3 Å². The molecule has 23 heavy (non-hydrogen) atoms. The molecule has 1 amide bonds. The van der Waals surface area contributed by atoms with Crippen molar-refractivity contribution in [2.45, 2.75) is 37.6 Å². The highest BCUT2D eigenvalue weighted by Crippen LogP contribution is 2.32. The lowest BCUT2D eigenvalue weighted by atomic mass is 9.80. The third kappa shape index (κ3) is 3.96. The van der Waals surface area contributed by atoms with Gasteiger partial charge in [-0.25, -0.2) is 0 Å². The summed E-state index contributed by atoms with van der Waals surface area (Å²) in [5.41, 5.74) is 0.664. The number of amides is 1. The predicted octanol–water partition coefficient (Wildman–Crippen LogP) is 2.70. The van der Waals surface area contributed by atoms with Gasteiger partial charge in [-0.05, 0) is 45.1 Å². The lowest BCUT2D eigenvalue weighted by Crippen LogP contribution is -2.53. The van der Waals surface area contributed by atoms with E-state index in [1.165, 1.54) is 19.3 Å². The zero-order valence-electron chi connectivity index (χ0n) is 14.6. The first-order valence-corrected chi connectivity index (χ1v) is 8.20. The van der Waals surface area contributed by atoms with Crippen LogP contribution in [0.25, 0.3) is 0 Å². The van der Waals surface area contributed by atoms with E-state index < -0.39 is 0 Å². The quantitative estimate of drug-likeness (QED) is 0.875. The SMILES string of the molecule is COc1ccc(C(=O)NCC2(N(C)C)CCCCC2)cc1OC. The van der Waals surface area contributed by atoms with Crippen LogP contribution in [0.15, 0.2) is 18.2 Å². The van der Waals surface area contributed by atoms with Crippen LogP contribution in [0.5, 0.6) is 11.5 Å². The zero-order valence-corrected chi connectivity index (χ0v) is 14.6. The average molecular weight is 320 g/mol. The van der Waals surface area contributed by atoms with Crippen LogP contribution >= 0.6 is 0 Å². The lowest BCUT2D eigenvalue weighted by Gasteiger charge is -2.43. The summed E-state index contributed by atoms with van der Waals surface area (Å²) in [4.78, 5) is 14.8. The largest absolute Gasteiger partial charge is 0.493 e. The van der Waals surface area contributed by atoms with Gasteiger partial charge in [-0.2, -0.15) is 0 Å². The molecule has 1 aromatic carbocycles. The monoisotopic (exact) mass is 320 g/mol. The molecule has 0 aromatic heterocycles. The molecule has 5 heteroatoms. The number of methoxy groups -OCH3 is 2. The van der Waals surface area contributed by atoms with Gasteiger partial charge in [0.1, 0.15) is 0 Å². The Hall–Kier alpha value is -1.75. The molecule has 1 fully saturated rings. The molecule has 0 heterocycles. The van der Waals surface area contributed by atoms with Crippen molar-refractivity contribution in [3.05, 3.63) is 23.8 Å². The Bertz CT molecular complexity index is 537. The molecular weight excluding hydrogens is 292 g/mol. The van der Waals surface area contributed by atoms with Gasteiger partial charge in [-0.1, -0.05) is 19.3 Å². The van der Waals surface area contributed by atoms with Crippen molar-refractivity contribution in [3.8, 4) is 11.5 Å². The summed E-state index contributed by atoms with van der Waals surface area (Å²) in [7, 11) is 7.37. The molecule has 5 nitrogen and oxygen atoms in total. The van der Waals surface area contributed by atoms with Crippen molar-refractivity contribution in [1.29, 1.82) is 0 Å². The molecule has 0 unspecified atom stereocenters. The van der Waals surface area contributed by atoms with Gasteiger partial charge in [0.2, 0.25) is 0 Å². The zero-order chi connectivity index (χ0) is 16.9. The van der Waals surface area contributed by atoms with Gasteiger partial charge in [-0.3, -0.25) is 4.79 Å². The van der Waals surface area contributed by atoms with Crippen molar-refractivity contribution in [3.63, 3.8) is 0 Å². The lowest BCUT2D eigenvalue weighted by molar-refractivity contribution is 0.0799. The molecule has 0 aliphatic heterocycles. The fourth-order valence-corrected chi connectivity index (χ4v) is 3.32. The van der Waals surface area contributed by atoms with E-state index in [2.05, 4.69) is 24.3 Å². The number of ether oxygens (including phenoxy) is 2. The summed E-state index contributed by atoms with van der Waals surface area (Å²) in [6.45, 7) is 0.674. The minimum atomic E-state index is -0.0715. The van der Waals surface area contributed by atoms with Crippen molar-refractivity contribution in [1.82, 2.24) is 10.2 Å². The van der Waals surface area contributed by atoms with E-state index in [0.717, 1.165) is 12.8 Å². The number of rotatable bonds is 6. The van der Waals surface area contributed by atoms with Crippen LogP contribution in [0.3, 0.4) is 0 Å². The second-order valence-corrected chi connectivity index (χ2v) is 6.43. The topological polar surface area (TPSA) is 50.8 Å². The highest BCUT2D eigenvalue weighted by molar-refractivity contribution is 5.94. The molecule has 0 bridgehead atoms. The minimum absolute atomic E-state index is 0.0715. The van der Waals surface area contributed by atoms with Crippen LogP contribution in [0.1, 0.15) is 42.5 Å². The van der Waals surface area contributed by atoms with Crippen LogP contribution < -0.4 is 14.8 Å². The Kier molecular flexibility index (Phi) is 5.88. The Labute approximate surface area is 139 Å². The average Bonchev–Trinajstić information content (AvgIpc) is 2.59. The van der Waals surface area contributed by atoms with E-state index >= 15 is 0 Å². The maximum absolute atomic E-state index is 12.5. The molecule has 128 valence electrons. The van der Waals surface area contributed by atoms with Gasteiger partial charge in [0.15, 0.2) is 11.5 Å². The van der Waals surface area contributed by atoms with E-state index in [1.807, 2.05) is 0 Å². The first kappa shape index (κ1) is 17.6. The number of hydrogen-bond donors (Lipinski definition) is 1. The minimum Gasteiger partial charge on any atom is -0.493 e. The van der Waals surface area contributed by atoms with Gasteiger partial charge in [-0.15, -0.1) is 0 Å². The van der Waals surface area contributed by atoms with Gasteiger partial charge < -0.3 is 19.7 Å². The summed E-state index contributed by atoms with van der Waals surface area (Å²) in [5, 5.41) is 3.10. The van der Waals surface area contributed by atoms with Gasteiger partial charge in [0.05, 0.1) is 14.2 Å². The van der Waals surface area contributed by atoms with Gasteiger partial charge in [0.25, 0.3) is 5.91 Å². The number of nitrogens with zero attached hydrogens (tertiary/aromatic N) is 1. The van der Waals surface area contributed by atoms with Crippen LogP contribution in [0.2, 0.25) is 0 Å². The summed E-state index contributed by atoms with van der Waals surface area (Å²) in [6.07, 6.45) is 6.01. The third-order valence-electron chi connectivity index (χ3n) is 4.96. The summed E-state index contributed by atoms with van der Waals surface area (Å²) in [6, 6.07) is 5.24. The van der Waals surface area contributed by atoms with Crippen LogP contribution in [-0.2, 0) is 0 Å². The summed E-state index contributed by atoms with van der Waals surface area (Å²) in [5.74, 6) is 1.12. The van der Waals surface area contributed by atoms with Crippen LogP contribution in [0, 0.1) is 0 Å². The molecule has 1 aromatic rings. The molecular formula is C18H28N2O3. The Morgan fingerprint density at radius 1 is 1.13 bits per heavy atom. The number of carbonyl (C=O) groups is 1. The molecule has 1 aliphatic rings. The number of likely N-dealkylation sites (N-methyl/N-ethyl adjacent to an activating group) is 1. The van der Waals surface area contributed by atoms with Crippen LogP contribution in [-0.4, -0.2) is 51.2 Å². The number of carbonyl (C=O) groups excluding carboxylic acids is 1. The molecule has 0 spiro atoms. The van der Waals surface area contributed by atoms with E-state index in [0.29, 0.717) is 23.6 Å². The molecule has 0 atom stereocenters. The number of nitrogens with one attached hydrogen (secondary N) is 1. The van der Waals surface area contributed by atoms with Crippen molar-refractivity contribution in [2.75, 3.05) is 34.9 Å². The third-order valence-corrected chi connectivity index (χ3v) is 4.96. The Morgan fingerprint density at radius 3 is 2.35 bits per heavy atom. The predicted molar refractivity (Wildman–Crippen MR) is 91.4 cm³/mol. The highest BCUT2D eigenvalue weighted by Gasteiger charge is 2.34. The molecule has 1 aliphatic carbocycles. The molecule has 2 rings (SSSR count). The smallest absolute Gasteiger partial charge is 0.251 e.